The summed E-state index contributed by atoms with van der Waals surface area (Å²) in [6.45, 7) is 14.4. The molecule has 0 bridgehead atoms. The minimum absolute atomic E-state index is 0.590. The van der Waals surface area contributed by atoms with Gasteiger partial charge in [0.25, 0.3) is 0 Å². The highest BCUT2D eigenvalue weighted by Crippen LogP contribution is 2.30. The number of nitrogens with zero attached hydrogens (tertiary/aromatic N) is 2. The number of aromatic nitrogens is 1. The van der Waals surface area contributed by atoms with E-state index in [9.17, 15) is 0 Å². The second-order valence-corrected chi connectivity index (χ2v) is 6.73. The molecule has 118 valence electrons. The Morgan fingerprint density at radius 2 is 2.10 bits per heavy atom. The molecule has 2 rings (SSSR count). The standard InChI is InChI=1S/C18H31N3/c1-6-8-19-12-17-14(3)11-15(4)20-18(17)21-9-7-13(2)10-16(21)5/h11,13,16,19H,6-10,12H2,1-5H3. The lowest BCUT2D eigenvalue weighted by Gasteiger charge is -2.39. The molecule has 3 nitrogen and oxygen atoms in total. The molecule has 0 spiro atoms. The predicted molar refractivity (Wildman–Crippen MR) is 90.9 cm³/mol. The predicted octanol–water partition coefficient (Wildman–Crippen LogP) is 3.82. The molecule has 1 aromatic heterocycles. The van der Waals surface area contributed by atoms with Crippen LogP contribution in [0.2, 0.25) is 0 Å². The number of pyridine rings is 1. The molecule has 0 saturated carbocycles. The van der Waals surface area contributed by atoms with Gasteiger partial charge in [0, 0.05) is 30.4 Å². The van der Waals surface area contributed by atoms with Crippen LogP contribution in [-0.4, -0.2) is 24.1 Å². The number of rotatable bonds is 5. The maximum atomic E-state index is 4.90. The fourth-order valence-corrected chi connectivity index (χ4v) is 3.41. The van der Waals surface area contributed by atoms with Crippen LogP contribution in [-0.2, 0) is 6.54 Å². The summed E-state index contributed by atoms with van der Waals surface area (Å²) in [5, 5.41) is 3.55. The Labute approximate surface area is 130 Å². The molecule has 0 amide bonds. The molecule has 0 radical (unpaired) electrons. The van der Waals surface area contributed by atoms with Crippen molar-refractivity contribution in [3.05, 3.63) is 22.9 Å². The van der Waals surface area contributed by atoms with E-state index in [1.807, 2.05) is 0 Å². The van der Waals surface area contributed by atoms with Crippen molar-refractivity contribution in [3.8, 4) is 0 Å². The van der Waals surface area contributed by atoms with Gasteiger partial charge < -0.3 is 10.2 Å². The Morgan fingerprint density at radius 3 is 2.76 bits per heavy atom. The molecule has 1 saturated heterocycles. The second kappa shape index (κ2) is 7.26. The van der Waals surface area contributed by atoms with Crippen molar-refractivity contribution in [2.75, 3.05) is 18.0 Å². The van der Waals surface area contributed by atoms with E-state index < -0.39 is 0 Å². The topological polar surface area (TPSA) is 28.2 Å². The first-order valence-corrected chi connectivity index (χ1v) is 8.47. The molecule has 0 aromatic carbocycles. The summed E-state index contributed by atoms with van der Waals surface area (Å²) < 4.78 is 0. The van der Waals surface area contributed by atoms with Gasteiger partial charge in [0.1, 0.15) is 5.82 Å². The van der Waals surface area contributed by atoms with E-state index in [4.69, 9.17) is 4.98 Å². The van der Waals surface area contributed by atoms with Crippen molar-refractivity contribution in [1.82, 2.24) is 10.3 Å². The van der Waals surface area contributed by atoms with Crippen molar-refractivity contribution in [2.24, 2.45) is 5.92 Å². The Bertz CT molecular complexity index is 470. The molecular weight excluding hydrogens is 258 g/mol. The Hall–Kier alpha value is -1.09. The van der Waals surface area contributed by atoms with Crippen LogP contribution in [0.25, 0.3) is 0 Å². The van der Waals surface area contributed by atoms with Crippen LogP contribution in [0.5, 0.6) is 0 Å². The molecule has 1 aliphatic rings. The summed E-state index contributed by atoms with van der Waals surface area (Å²) >= 11 is 0. The smallest absolute Gasteiger partial charge is 0.133 e. The monoisotopic (exact) mass is 289 g/mol. The van der Waals surface area contributed by atoms with Gasteiger partial charge in [-0.25, -0.2) is 4.98 Å². The van der Waals surface area contributed by atoms with Gasteiger partial charge >= 0.3 is 0 Å². The minimum atomic E-state index is 0.590. The van der Waals surface area contributed by atoms with Crippen LogP contribution in [0.15, 0.2) is 6.07 Å². The summed E-state index contributed by atoms with van der Waals surface area (Å²) in [6, 6.07) is 2.80. The molecule has 1 fully saturated rings. The number of anilines is 1. The van der Waals surface area contributed by atoms with Gasteiger partial charge in [0.2, 0.25) is 0 Å². The van der Waals surface area contributed by atoms with Crippen molar-refractivity contribution < 1.29 is 0 Å². The molecule has 3 heteroatoms. The first-order valence-electron chi connectivity index (χ1n) is 8.47. The van der Waals surface area contributed by atoms with Crippen LogP contribution >= 0.6 is 0 Å². The van der Waals surface area contributed by atoms with Gasteiger partial charge in [-0.3, -0.25) is 0 Å². The van der Waals surface area contributed by atoms with E-state index >= 15 is 0 Å². The normalized spacial score (nSPS) is 22.6. The highest BCUT2D eigenvalue weighted by molar-refractivity contribution is 5.52. The average Bonchev–Trinajstić information content (AvgIpc) is 2.41. The SMILES string of the molecule is CCCNCc1c(C)cc(C)nc1N1CCC(C)CC1C. The molecule has 1 aromatic rings. The lowest BCUT2D eigenvalue weighted by atomic mass is 9.92. The van der Waals surface area contributed by atoms with Gasteiger partial charge in [-0.2, -0.15) is 0 Å². The van der Waals surface area contributed by atoms with E-state index in [2.05, 4.69) is 50.9 Å². The molecule has 0 aliphatic carbocycles. The summed E-state index contributed by atoms with van der Waals surface area (Å²) in [7, 11) is 0. The van der Waals surface area contributed by atoms with Crippen LogP contribution in [0.4, 0.5) is 5.82 Å². The van der Waals surface area contributed by atoms with Crippen LogP contribution < -0.4 is 10.2 Å². The molecule has 2 unspecified atom stereocenters. The third-order valence-corrected chi connectivity index (χ3v) is 4.59. The van der Waals surface area contributed by atoms with Gasteiger partial charge in [-0.1, -0.05) is 13.8 Å². The Balaban J connectivity index is 2.27. The van der Waals surface area contributed by atoms with Crippen molar-refractivity contribution in [3.63, 3.8) is 0 Å². The Morgan fingerprint density at radius 1 is 1.33 bits per heavy atom. The third-order valence-electron chi connectivity index (χ3n) is 4.59. The lowest BCUT2D eigenvalue weighted by Crippen LogP contribution is -2.41. The van der Waals surface area contributed by atoms with Gasteiger partial charge in [-0.05, 0) is 64.1 Å². The quantitative estimate of drug-likeness (QED) is 0.835. The van der Waals surface area contributed by atoms with Gasteiger partial charge in [0.05, 0.1) is 0 Å². The van der Waals surface area contributed by atoms with E-state index in [0.717, 1.165) is 31.2 Å². The number of aryl methyl sites for hydroxylation is 2. The van der Waals surface area contributed by atoms with Crippen molar-refractivity contribution in [2.45, 2.75) is 66.5 Å². The van der Waals surface area contributed by atoms with E-state index in [1.165, 1.54) is 36.2 Å². The molecule has 1 aliphatic heterocycles. The zero-order valence-electron chi connectivity index (χ0n) is 14.4. The number of hydrogen-bond donors (Lipinski definition) is 1. The maximum Gasteiger partial charge on any atom is 0.133 e. The largest absolute Gasteiger partial charge is 0.354 e. The van der Waals surface area contributed by atoms with Crippen LogP contribution in [0.1, 0.15) is 56.9 Å². The summed E-state index contributed by atoms with van der Waals surface area (Å²) in [6.07, 6.45) is 3.72. The number of piperidine rings is 1. The third kappa shape index (κ3) is 3.97. The van der Waals surface area contributed by atoms with Crippen LogP contribution in [0.3, 0.4) is 0 Å². The highest BCUT2D eigenvalue weighted by atomic mass is 15.2. The first-order chi connectivity index (χ1) is 10.0. The summed E-state index contributed by atoms with van der Waals surface area (Å²) in [4.78, 5) is 7.43. The van der Waals surface area contributed by atoms with Crippen LogP contribution in [0, 0.1) is 19.8 Å². The lowest BCUT2D eigenvalue weighted by molar-refractivity contribution is 0.375. The van der Waals surface area contributed by atoms with Gasteiger partial charge in [-0.15, -0.1) is 0 Å². The minimum Gasteiger partial charge on any atom is -0.354 e. The highest BCUT2D eigenvalue weighted by Gasteiger charge is 2.26. The fraction of sp³-hybridized carbons (Fsp3) is 0.722. The first kappa shape index (κ1) is 16.3. The number of hydrogen-bond acceptors (Lipinski definition) is 3. The molecule has 2 atom stereocenters. The van der Waals surface area contributed by atoms with E-state index in [1.54, 1.807) is 0 Å². The van der Waals surface area contributed by atoms with Gasteiger partial charge in [0.15, 0.2) is 0 Å². The molecule has 2 heterocycles. The zero-order valence-corrected chi connectivity index (χ0v) is 14.4. The van der Waals surface area contributed by atoms with E-state index in [0.29, 0.717) is 6.04 Å². The summed E-state index contributed by atoms with van der Waals surface area (Å²) in [5.74, 6) is 2.05. The molecule has 21 heavy (non-hydrogen) atoms. The second-order valence-electron chi connectivity index (χ2n) is 6.73. The Kier molecular flexibility index (Phi) is 5.63. The number of nitrogens with one attached hydrogen (secondary N) is 1. The maximum absolute atomic E-state index is 4.90. The van der Waals surface area contributed by atoms with Crippen molar-refractivity contribution in [1.29, 1.82) is 0 Å². The average molecular weight is 289 g/mol. The summed E-state index contributed by atoms with van der Waals surface area (Å²) in [5.41, 5.74) is 3.88. The fourth-order valence-electron chi connectivity index (χ4n) is 3.41. The van der Waals surface area contributed by atoms with Crippen molar-refractivity contribution >= 4 is 5.82 Å². The van der Waals surface area contributed by atoms with E-state index in [-0.39, 0.29) is 0 Å². The molecular formula is C18H31N3. The molecule has 1 N–H and O–H groups in total. The zero-order chi connectivity index (χ0) is 15.4.